The predicted molar refractivity (Wildman–Crippen MR) is 205 cm³/mol. The molecule has 9 heteroatoms. The van der Waals surface area contributed by atoms with Crippen molar-refractivity contribution in [3.05, 3.63) is 194 Å². The maximum Gasteiger partial charge on any atom is 3.00 e. The summed E-state index contributed by atoms with van der Waals surface area (Å²) in [4.78, 5) is 33.8. The first-order valence-electron chi connectivity index (χ1n) is 16.6. The summed E-state index contributed by atoms with van der Waals surface area (Å²) in [6, 6.07) is 42.1. The molecule has 8 aromatic heterocycles. The van der Waals surface area contributed by atoms with E-state index in [0.717, 1.165) is 67.8 Å². The molecule has 0 spiro atoms. The Bertz CT molecular complexity index is 1910. The fourth-order valence-corrected chi connectivity index (χ4v) is 4.90. The number of pyridine rings is 8. The van der Waals surface area contributed by atoms with E-state index >= 15 is 0 Å². The van der Waals surface area contributed by atoms with E-state index in [0.29, 0.717) is 0 Å². The van der Waals surface area contributed by atoms with Crippen molar-refractivity contribution in [1.82, 2.24) is 39.9 Å². The zero-order valence-electron chi connectivity index (χ0n) is 29.8. The van der Waals surface area contributed by atoms with Gasteiger partial charge in [-0.25, -0.2) is 0 Å². The van der Waals surface area contributed by atoms with Gasteiger partial charge in [0.15, 0.2) is 0 Å². The van der Waals surface area contributed by atoms with Crippen LogP contribution < -0.4 is 0 Å². The molecule has 0 fully saturated rings. The van der Waals surface area contributed by atoms with E-state index in [1.165, 1.54) is 0 Å². The van der Waals surface area contributed by atoms with Crippen molar-refractivity contribution in [3.63, 3.8) is 0 Å². The quantitative estimate of drug-likeness (QED) is 0.162. The minimum Gasteiger partial charge on any atom is -0.357 e. The van der Waals surface area contributed by atoms with E-state index in [-0.39, 0.29) is 20.1 Å². The average molecular weight is 870 g/mol. The summed E-state index contributed by atoms with van der Waals surface area (Å²) >= 11 is 0. The number of hydrogen-bond donors (Lipinski definition) is 0. The van der Waals surface area contributed by atoms with Gasteiger partial charge in [-0.05, 0) is 83.6 Å². The summed E-state index contributed by atoms with van der Waals surface area (Å²) in [6.45, 7) is 7.87. The zero-order chi connectivity index (χ0) is 36.4. The Kier molecular flexibility index (Phi) is 15.9. The first-order valence-corrected chi connectivity index (χ1v) is 16.6. The van der Waals surface area contributed by atoms with Crippen LogP contribution >= 0.6 is 0 Å². The van der Waals surface area contributed by atoms with Crippen LogP contribution in [0.25, 0.3) is 45.0 Å². The molecule has 8 rings (SSSR count). The van der Waals surface area contributed by atoms with Crippen LogP contribution in [-0.4, -0.2) is 39.9 Å². The maximum atomic E-state index is 4.27. The van der Waals surface area contributed by atoms with Crippen molar-refractivity contribution in [2.24, 2.45) is 0 Å². The molecule has 8 heterocycles. The summed E-state index contributed by atoms with van der Waals surface area (Å²) in [6.07, 6.45) is 14.1. The molecule has 0 aliphatic heterocycles. The molecular weight excluding hydrogens is 833 g/mol. The average Bonchev–Trinajstić information content (AvgIpc) is 3.21. The van der Waals surface area contributed by atoms with Crippen LogP contribution in [0.2, 0.25) is 0 Å². The van der Waals surface area contributed by atoms with Crippen LogP contribution in [0, 0.1) is 45.9 Å². The summed E-state index contributed by atoms with van der Waals surface area (Å²) in [7, 11) is 0. The van der Waals surface area contributed by atoms with Gasteiger partial charge in [0.05, 0.1) is 5.69 Å². The zero-order valence-corrected chi connectivity index (χ0v) is 32.2. The predicted octanol–water partition coefficient (Wildman–Crippen LogP) is 9.21. The second-order valence-corrected chi connectivity index (χ2v) is 11.1. The van der Waals surface area contributed by atoms with Crippen molar-refractivity contribution >= 4 is 0 Å². The van der Waals surface area contributed by atoms with Gasteiger partial charge < -0.3 is 29.9 Å². The van der Waals surface area contributed by atoms with Gasteiger partial charge in [-0.15, -0.1) is 53.1 Å². The molecule has 0 bridgehead atoms. The Hall–Kier alpha value is -6.15. The Morgan fingerprint density at radius 2 is 0.642 bits per heavy atom. The van der Waals surface area contributed by atoms with E-state index in [2.05, 4.69) is 58.1 Å². The third-order valence-corrected chi connectivity index (χ3v) is 7.51. The fourth-order valence-electron chi connectivity index (χ4n) is 4.90. The van der Waals surface area contributed by atoms with Crippen LogP contribution in [0.3, 0.4) is 0 Å². The van der Waals surface area contributed by atoms with Crippen molar-refractivity contribution < 1.29 is 20.1 Å². The molecule has 0 aliphatic carbocycles. The Morgan fingerprint density at radius 1 is 0.321 bits per heavy atom. The molecule has 262 valence electrons. The summed E-state index contributed by atoms with van der Waals surface area (Å²) in [5.74, 6) is 0. The van der Waals surface area contributed by atoms with Crippen LogP contribution in [0.5, 0.6) is 0 Å². The summed E-state index contributed by atoms with van der Waals surface area (Å²) < 4.78 is 0. The minimum atomic E-state index is 0. The van der Waals surface area contributed by atoms with E-state index in [4.69, 9.17) is 0 Å². The molecule has 0 unspecified atom stereocenters. The monoisotopic (exact) mass is 870 g/mol. The van der Waals surface area contributed by atoms with Gasteiger partial charge in [0.25, 0.3) is 0 Å². The van der Waals surface area contributed by atoms with E-state index < -0.39 is 0 Å². The van der Waals surface area contributed by atoms with Gasteiger partial charge in [0.1, 0.15) is 0 Å². The summed E-state index contributed by atoms with van der Waals surface area (Å²) in [5.41, 5.74) is 11.7. The second-order valence-electron chi connectivity index (χ2n) is 11.1. The summed E-state index contributed by atoms with van der Waals surface area (Å²) in [5, 5.41) is 0. The van der Waals surface area contributed by atoms with Crippen LogP contribution in [0.4, 0.5) is 0 Å². The molecule has 0 saturated carbocycles. The number of aryl methyl sites for hydroxylation is 4. The molecule has 53 heavy (non-hydrogen) atoms. The Labute approximate surface area is 325 Å². The van der Waals surface area contributed by atoms with E-state index in [9.17, 15) is 0 Å². The van der Waals surface area contributed by atoms with Crippen molar-refractivity contribution in [1.29, 1.82) is 0 Å². The molecule has 8 nitrogen and oxygen atoms in total. The molecule has 0 amide bonds. The molecule has 0 aromatic carbocycles. The third kappa shape index (κ3) is 12.0. The van der Waals surface area contributed by atoms with Gasteiger partial charge in [-0.3, -0.25) is 9.97 Å². The van der Waals surface area contributed by atoms with Gasteiger partial charge in [0, 0.05) is 42.2 Å². The number of rotatable bonds is 4. The smallest absolute Gasteiger partial charge is 0.357 e. The van der Waals surface area contributed by atoms with E-state index in [1.807, 2.05) is 113 Å². The molecular formula is C44H37IrN8. The van der Waals surface area contributed by atoms with E-state index in [1.54, 1.807) is 67.8 Å². The van der Waals surface area contributed by atoms with Gasteiger partial charge in [0.2, 0.25) is 0 Å². The van der Waals surface area contributed by atoms with Crippen LogP contribution in [-0.2, 0) is 20.1 Å². The Morgan fingerprint density at radius 3 is 0.943 bits per heavy atom. The molecule has 0 saturated heterocycles. The van der Waals surface area contributed by atoms with Gasteiger partial charge >= 0.3 is 20.1 Å². The first-order chi connectivity index (χ1) is 25.5. The fraction of sp³-hybridized carbons (Fsp3) is 0.0909. The van der Waals surface area contributed by atoms with Crippen molar-refractivity contribution in [2.75, 3.05) is 0 Å². The normalized spacial score (nSPS) is 9.74. The maximum absolute atomic E-state index is 4.27. The Balaban J connectivity index is 0.000000157. The third-order valence-electron chi connectivity index (χ3n) is 7.51. The van der Waals surface area contributed by atoms with Crippen LogP contribution in [0.15, 0.2) is 153 Å². The molecule has 0 N–H and O–H groups in total. The second kappa shape index (κ2) is 21.3. The standard InChI is InChI=1S/C11H10N2.3C11H9N2.Ir/c4*1-9-10(5-4-8-12-9)11-6-2-3-7-13-11;/h2-8H,1H3;3*2-4,6-8H,1H3;/q;3*-1;+3. The SMILES string of the molecule is Cc1ncc[c-]c1-c1ccccn1.Cc1ncc[c-]c1-c1ccccn1.Cc1ncc[c-]c1-c1ccccn1.Cc1ncccc1-c1ccccn1.[Ir+3]. The molecule has 0 radical (unpaired) electrons. The number of hydrogen-bond acceptors (Lipinski definition) is 8. The number of nitrogens with zero attached hydrogens (tertiary/aromatic N) is 8. The largest absolute Gasteiger partial charge is 3.00 e. The van der Waals surface area contributed by atoms with Gasteiger partial charge in [-0.2, -0.15) is 0 Å². The molecule has 8 aromatic rings. The molecule has 0 aliphatic rings. The van der Waals surface area contributed by atoms with Gasteiger partial charge in [-0.1, -0.05) is 81.8 Å². The number of aromatic nitrogens is 8. The first kappa shape index (κ1) is 39.6. The topological polar surface area (TPSA) is 103 Å². The van der Waals surface area contributed by atoms with Crippen molar-refractivity contribution in [3.8, 4) is 45.0 Å². The molecule has 0 atom stereocenters. The van der Waals surface area contributed by atoms with Crippen LogP contribution in [0.1, 0.15) is 22.8 Å². The van der Waals surface area contributed by atoms with Crippen molar-refractivity contribution in [2.45, 2.75) is 27.7 Å². The minimum absolute atomic E-state index is 0.